The van der Waals surface area contributed by atoms with Crippen molar-refractivity contribution in [1.29, 1.82) is 0 Å². The second-order valence-corrected chi connectivity index (χ2v) is 6.17. The number of aromatic nitrogens is 2. The first kappa shape index (κ1) is 13.9. The average molecular weight is 315 g/mol. The topological polar surface area (TPSA) is 46.9 Å². The number of benzene rings is 1. The standard InChI is InChI=1S/C15H13N3OS2/c19-14(15-16-7-9-20-15)17-13-6-8-18(10-13)21-11-12-4-2-1-3-5-12/h1-10H,11H2,(H,17,19). The van der Waals surface area contributed by atoms with Crippen LogP contribution in [-0.2, 0) is 5.75 Å². The van der Waals surface area contributed by atoms with Gasteiger partial charge in [0.2, 0.25) is 0 Å². The quantitative estimate of drug-likeness (QED) is 0.777. The summed E-state index contributed by atoms with van der Waals surface area (Å²) in [6, 6.07) is 12.2. The number of nitrogens with zero attached hydrogens (tertiary/aromatic N) is 2. The summed E-state index contributed by atoms with van der Waals surface area (Å²) in [6.07, 6.45) is 5.46. The van der Waals surface area contributed by atoms with E-state index in [1.165, 1.54) is 16.9 Å². The highest BCUT2D eigenvalue weighted by atomic mass is 32.2. The zero-order valence-corrected chi connectivity index (χ0v) is 12.7. The molecule has 4 nitrogen and oxygen atoms in total. The maximum atomic E-state index is 11.9. The highest BCUT2D eigenvalue weighted by Crippen LogP contribution is 2.19. The molecule has 6 heteroatoms. The lowest BCUT2D eigenvalue weighted by Gasteiger charge is -2.02. The van der Waals surface area contributed by atoms with E-state index >= 15 is 0 Å². The van der Waals surface area contributed by atoms with Gasteiger partial charge in [0.05, 0.1) is 5.69 Å². The van der Waals surface area contributed by atoms with Crippen molar-refractivity contribution in [3.05, 3.63) is 70.9 Å². The van der Waals surface area contributed by atoms with E-state index in [1.54, 1.807) is 23.5 Å². The third-order valence-corrected chi connectivity index (χ3v) is 4.53. The smallest absolute Gasteiger partial charge is 0.284 e. The van der Waals surface area contributed by atoms with Gasteiger partial charge in [-0.3, -0.25) is 8.77 Å². The Morgan fingerprint density at radius 2 is 2.14 bits per heavy atom. The molecule has 106 valence electrons. The SMILES string of the molecule is O=C(Nc1ccn(SCc2ccccc2)c1)c1nccs1. The Balaban J connectivity index is 1.57. The van der Waals surface area contributed by atoms with Gasteiger partial charge in [0.25, 0.3) is 5.91 Å². The molecule has 21 heavy (non-hydrogen) atoms. The maximum Gasteiger partial charge on any atom is 0.284 e. The molecule has 0 fully saturated rings. The molecule has 3 rings (SSSR count). The summed E-state index contributed by atoms with van der Waals surface area (Å²) in [5.41, 5.74) is 2.04. The van der Waals surface area contributed by atoms with Crippen LogP contribution in [-0.4, -0.2) is 14.9 Å². The molecule has 3 aromatic rings. The molecule has 0 unspecified atom stereocenters. The van der Waals surface area contributed by atoms with Crippen LogP contribution < -0.4 is 5.32 Å². The van der Waals surface area contributed by atoms with Gasteiger partial charge >= 0.3 is 0 Å². The van der Waals surface area contributed by atoms with Crippen molar-refractivity contribution in [2.45, 2.75) is 5.75 Å². The molecule has 1 N–H and O–H groups in total. The van der Waals surface area contributed by atoms with E-state index in [0.717, 1.165) is 11.4 Å². The highest BCUT2D eigenvalue weighted by molar-refractivity contribution is 7.97. The highest BCUT2D eigenvalue weighted by Gasteiger charge is 2.09. The van der Waals surface area contributed by atoms with Gasteiger partial charge in [-0.1, -0.05) is 30.3 Å². The first-order valence-corrected chi connectivity index (χ1v) is 8.19. The summed E-state index contributed by atoms with van der Waals surface area (Å²) >= 11 is 3.00. The fourth-order valence-corrected chi connectivity index (χ4v) is 3.13. The molecule has 0 aliphatic carbocycles. The molecule has 1 aromatic carbocycles. The van der Waals surface area contributed by atoms with Gasteiger partial charge < -0.3 is 5.32 Å². The van der Waals surface area contributed by atoms with Crippen molar-refractivity contribution >= 4 is 34.9 Å². The van der Waals surface area contributed by atoms with E-state index in [2.05, 4.69) is 22.4 Å². The van der Waals surface area contributed by atoms with Crippen LogP contribution in [0.25, 0.3) is 0 Å². The van der Waals surface area contributed by atoms with Gasteiger partial charge in [-0.15, -0.1) is 11.3 Å². The van der Waals surface area contributed by atoms with Crippen molar-refractivity contribution in [2.75, 3.05) is 5.32 Å². The van der Waals surface area contributed by atoms with E-state index in [1.807, 2.05) is 40.6 Å². The molecule has 0 bridgehead atoms. The molecular weight excluding hydrogens is 302 g/mol. The third-order valence-electron chi connectivity index (χ3n) is 2.77. The number of nitrogens with one attached hydrogen (secondary N) is 1. The summed E-state index contributed by atoms with van der Waals surface area (Å²) in [7, 11) is 0. The second kappa shape index (κ2) is 6.60. The van der Waals surface area contributed by atoms with E-state index in [4.69, 9.17) is 0 Å². The largest absolute Gasteiger partial charge is 0.319 e. The fourth-order valence-electron chi connectivity index (χ4n) is 1.77. The van der Waals surface area contributed by atoms with Crippen molar-refractivity contribution in [1.82, 2.24) is 8.96 Å². The number of carbonyl (C=O) groups excluding carboxylic acids is 1. The minimum absolute atomic E-state index is 0.171. The molecule has 2 heterocycles. The molecule has 0 aliphatic heterocycles. The van der Waals surface area contributed by atoms with Gasteiger partial charge in [0, 0.05) is 29.7 Å². The Bertz CT molecular complexity index is 708. The monoisotopic (exact) mass is 315 g/mol. The first-order chi connectivity index (χ1) is 10.3. The number of anilines is 1. The van der Waals surface area contributed by atoms with E-state index in [0.29, 0.717) is 5.01 Å². The van der Waals surface area contributed by atoms with Crippen LogP contribution >= 0.6 is 23.3 Å². The molecule has 0 atom stereocenters. The van der Waals surface area contributed by atoms with Crippen molar-refractivity contribution in [2.24, 2.45) is 0 Å². The molecule has 2 aromatic heterocycles. The first-order valence-electron chi connectivity index (χ1n) is 6.37. The van der Waals surface area contributed by atoms with Crippen LogP contribution in [0.4, 0.5) is 5.69 Å². The predicted octanol–water partition coefficient (Wildman–Crippen LogP) is 3.89. The molecule has 1 amide bonds. The zero-order chi connectivity index (χ0) is 14.5. The molecule has 0 saturated heterocycles. The number of hydrogen-bond donors (Lipinski definition) is 1. The fraction of sp³-hybridized carbons (Fsp3) is 0.0667. The lowest BCUT2D eigenvalue weighted by Crippen LogP contribution is -2.10. The molecular formula is C15H13N3OS2. The van der Waals surface area contributed by atoms with Crippen molar-refractivity contribution in [3.8, 4) is 0 Å². The van der Waals surface area contributed by atoms with E-state index < -0.39 is 0 Å². The van der Waals surface area contributed by atoms with Crippen LogP contribution in [0.2, 0.25) is 0 Å². The van der Waals surface area contributed by atoms with Crippen LogP contribution in [0.1, 0.15) is 15.4 Å². The average Bonchev–Trinajstić information content (AvgIpc) is 3.18. The van der Waals surface area contributed by atoms with Crippen LogP contribution in [0, 0.1) is 0 Å². The molecule has 0 spiro atoms. The minimum Gasteiger partial charge on any atom is -0.319 e. The Hall–Kier alpha value is -2.05. The number of hydrogen-bond acceptors (Lipinski definition) is 4. The van der Waals surface area contributed by atoms with Gasteiger partial charge in [-0.2, -0.15) is 0 Å². The summed E-state index contributed by atoms with van der Waals surface area (Å²) in [6.45, 7) is 0. The second-order valence-electron chi connectivity index (χ2n) is 4.31. The van der Waals surface area contributed by atoms with Crippen LogP contribution in [0.5, 0.6) is 0 Å². The Morgan fingerprint density at radius 3 is 2.90 bits per heavy atom. The summed E-state index contributed by atoms with van der Waals surface area (Å²) in [5.74, 6) is 0.714. The van der Waals surface area contributed by atoms with Crippen molar-refractivity contribution in [3.63, 3.8) is 0 Å². The number of thiazole rings is 1. The van der Waals surface area contributed by atoms with Crippen molar-refractivity contribution < 1.29 is 4.79 Å². The van der Waals surface area contributed by atoms with Gasteiger partial charge in [-0.25, -0.2) is 4.98 Å². The lowest BCUT2D eigenvalue weighted by molar-refractivity contribution is 0.102. The number of amides is 1. The van der Waals surface area contributed by atoms with Gasteiger partial charge in [0.15, 0.2) is 5.01 Å². The number of rotatable bonds is 5. The molecule has 0 radical (unpaired) electrons. The third kappa shape index (κ3) is 3.74. The Morgan fingerprint density at radius 1 is 1.29 bits per heavy atom. The molecule has 0 saturated carbocycles. The molecule has 0 aliphatic rings. The van der Waals surface area contributed by atoms with Gasteiger partial charge in [-0.05, 0) is 23.6 Å². The summed E-state index contributed by atoms with van der Waals surface area (Å²) in [4.78, 5) is 15.9. The predicted molar refractivity (Wildman–Crippen MR) is 87.6 cm³/mol. The normalized spacial score (nSPS) is 10.5. The Labute approximate surface area is 131 Å². The van der Waals surface area contributed by atoms with Crippen LogP contribution in [0.15, 0.2) is 60.4 Å². The minimum atomic E-state index is -0.171. The Kier molecular flexibility index (Phi) is 4.37. The van der Waals surface area contributed by atoms with E-state index in [9.17, 15) is 4.79 Å². The number of carbonyl (C=O) groups is 1. The summed E-state index contributed by atoms with van der Waals surface area (Å²) < 4.78 is 1.99. The van der Waals surface area contributed by atoms with Crippen LogP contribution in [0.3, 0.4) is 0 Å². The lowest BCUT2D eigenvalue weighted by atomic mass is 10.2. The van der Waals surface area contributed by atoms with E-state index in [-0.39, 0.29) is 5.91 Å². The maximum absolute atomic E-state index is 11.9. The summed E-state index contributed by atoms with van der Waals surface area (Å²) in [5, 5.41) is 5.10. The zero-order valence-electron chi connectivity index (χ0n) is 11.1. The van der Waals surface area contributed by atoms with Gasteiger partial charge in [0.1, 0.15) is 0 Å².